The van der Waals surface area contributed by atoms with Gasteiger partial charge in [0.05, 0.1) is 6.61 Å². The molecule has 1 aliphatic rings. The van der Waals surface area contributed by atoms with Crippen molar-refractivity contribution < 1.29 is 9.53 Å². The number of hydrogen-bond acceptors (Lipinski definition) is 3. The van der Waals surface area contributed by atoms with E-state index >= 15 is 0 Å². The van der Waals surface area contributed by atoms with Gasteiger partial charge in [0.25, 0.3) is 0 Å². The number of nitrogens with two attached hydrogens (primary N) is 1. The fourth-order valence-corrected chi connectivity index (χ4v) is 1.22. The van der Waals surface area contributed by atoms with Crippen LogP contribution in [-0.4, -0.2) is 18.6 Å². The van der Waals surface area contributed by atoms with Crippen LogP contribution >= 0.6 is 0 Å². The van der Waals surface area contributed by atoms with E-state index in [9.17, 15) is 4.79 Å². The van der Waals surface area contributed by atoms with Crippen LogP contribution in [0.15, 0.2) is 23.8 Å². The third kappa shape index (κ3) is 3.42. The molecule has 0 bridgehead atoms. The summed E-state index contributed by atoms with van der Waals surface area (Å²) in [6.45, 7) is 2.22. The van der Waals surface area contributed by atoms with Gasteiger partial charge in [-0.2, -0.15) is 0 Å². The van der Waals surface area contributed by atoms with Gasteiger partial charge in [-0.25, -0.2) is 4.79 Å². The summed E-state index contributed by atoms with van der Waals surface area (Å²) in [4.78, 5) is 11.0. The largest absolute Gasteiger partial charge is 0.463 e. The van der Waals surface area contributed by atoms with E-state index in [-0.39, 0.29) is 12.0 Å². The summed E-state index contributed by atoms with van der Waals surface area (Å²) >= 11 is 0. The number of ether oxygens (including phenoxy) is 1. The van der Waals surface area contributed by atoms with Crippen molar-refractivity contribution in [1.82, 2.24) is 0 Å². The van der Waals surface area contributed by atoms with Crippen molar-refractivity contribution in [3.63, 3.8) is 0 Å². The highest BCUT2D eigenvalue weighted by molar-refractivity contribution is 5.83. The quantitative estimate of drug-likeness (QED) is 0.513. The van der Waals surface area contributed by atoms with Crippen LogP contribution in [0.3, 0.4) is 0 Å². The molecule has 1 rings (SSSR count). The van der Waals surface area contributed by atoms with Gasteiger partial charge in [0.2, 0.25) is 0 Å². The molecule has 3 nitrogen and oxygen atoms in total. The van der Waals surface area contributed by atoms with Crippen LogP contribution in [0.4, 0.5) is 0 Å². The van der Waals surface area contributed by atoms with Crippen molar-refractivity contribution in [1.29, 1.82) is 0 Å². The van der Waals surface area contributed by atoms with Gasteiger partial charge in [-0.15, -0.1) is 0 Å². The fraction of sp³-hybridized carbons (Fsp3) is 0.500. The summed E-state index contributed by atoms with van der Waals surface area (Å²) in [7, 11) is 0. The molecule has 0 aromatic rings. The van der Waals surface area contributed by atoms with Gasteiger partial charge >= 0.3 is 5.97 Å². The fourth-order valence-electron chi connectivity index (χ4n) is 1.22. The average molecular weight is 181 g/mol. The molecule has 2 N–H and O–H groups in total. The zero-order chi connectivity index (χ0) is 9.68. The Morgan fingerprint density at radius 3 is 3.15 bits per heavy atom. The zero-order valence-electron chi connectivity index (χ0n) is 7.82. The third-order valence-corrected chi connectivity index (χ3v) is 1.91. The summed E-state index contributed by atoms with van der Waals surface area (Å²) in [5.41, 5.74) is 6.66. The highest BCUT2D eigenvalue weighted by atomic mass is 16.5. The first-order chi connectivity index (χ1) is 6.22. The van der Waals surface area contributed by atoms with Crippen LogP contribution in [0, 0.1) is 0 Å². The highest BCUT2D eigenvalue weighted by Gasteiger charge is 2.07. The molecule has 13 heavy (non-hydrogen) atoms. The molecule has 0 saturated carbocycles. The maximum Gasteiger partial charge on any atom is 0.331 e. The smallest absolute Gasteiger partial charge is 0.331 e. The lowest BCUT2D eigenvalue weighted by atomic mass is 9.98. The maximum absolute atomic E-state index is 11.0. The molecule has 0 aromatic heterocycles. The molecule has 3 heteroatoms. The Labute approximate surface area is 78.3 Å². The number of allylic oxidation sites excluding steroid dienone is 2. The van der Waals surface area contributed by atoms with Gasteiger partial charge in [0.15, 0.2) is 0 Å². The van der Waals surface area contributed by atoms with E-state index < -0.39 is 0 Å². The number of esters is 1. The molecule has 0 heterocycles. The third-order valence-electron chi connectivity index (χ3n) is 1.91. The Bertz CT molecular complexity index is 243. The topological polar surface area (TPSA) is 52.3 Å². The van der Waals surface area contributed by atoms with Gasteiger partial charge in [0, 0.05) is 12.1 Å². The van der Waals surface area contributed by atoms with E-state index in [0.717, 1.165) is 18.4 Å². The zero-order valence-corrected chi connectivity index (χ0v) is 7.82. The number of hydrogen-bond donors (Lipinski definition) is 1. The van der Waals surface area contributed by atoms with E-state index in [1.54, 1.807) is 6.92 Å². The molecule has 0 saturated heterocycles. The minimum Gasteiger partial charge on any atom is -0.463 e. The SMILES string of the molecule is CCOC(=O)/C=C1/C=CC(N)CC1. The Balaban J connectivity index is 2.52. The molecule has 0 amide bonds. The highest BCUT2D eigenvalue weighted by Crippen LogP contribution is 2.15. The monoisotopic (exact) mass is 181 g/mol. The lowest BCUT2D eigenvalue weighted by Gasteiger charge is -2.12. The second kappa shape index (κ2) is 4.82. The molecule has 0 fully saturated rings. The van der Waals surface area contributed by atoms with Crippen molar-refractivity contribution in [2.45, 2.75) is 25.8 Å². The van der Waals surface area contributed by atoms with Gasteiger partial charge in [-0.1, -0.05) is 12.2 Å². The van der Waals surface area contributed by atoms with E-state index in [4.69, 9.17) is 10.5 Å². The lowest BCUT2D eigenvalue weighted by Crippen LogP contribution is -2.19. The molecular weight excluding hydrogens is 166 g/mol. The van der Waals surface area contributed by atoms with Crippen molar-refractivity contribution >= 4 is 5.97 Å². The van der Waals surface area contributed by atoms with Crippen LogP contribution < -0.4 is 5.73 Å². The molecule has 1 unspecified atom stereocenters. The number of carbonyl (C=O) groups is 1. The van der Waals surface area contributed by atoms with E-state index in [1.807, 2.05) is 12.2 Å². The van der Waals surface area contributed by atoms with E-state index in [2.05, 4.69) is 0 Å². The minimum atomic E-state index is -0.266. The average Bonchev–Trinajstić information content (AvgIpc) is 2.09. The second-order valence-corrected chi connectivity index (χ2v) is 3.03. The Kier molecular flexibility index (Phi) is 3.71. The molecular formula is C10H15NO2. The second-order valence-electron chi connectivity index (χ2n) is 3.03. The number of carbonyl (C=O) groups excluding carboxylic acids is 1. The maximum atomic E-state index is 11.0. The molecule has 1 aliphatic carbocycles. The molecule has 0 aromatic carbocycles. The lowest BCUT2D eigenvalue weighted by molar-refractivity contribution is -0.137. The van der Waals surface area contributed by atoms with E-state index in [1.165, 1.54) is 6.08 Å². The first kappa shape index (κ1) is 9.99. The summed E-state index contributed by atoms with van der Waals surface area (Å²) in [6, 6.07) is 0.138. The van der Waals surface area contributed by atoms with Gasteiger partial charge < -0.3 is 10.5 Å². The van der Waals surface area contributed by atoms with Crippen LogP contribution in [-0.2, 0) is 9.53 Å². The Morgan fingerprint density at radius 1 is 1.85 bits per heavy atom. The van der Waals surface area contributed by atoms with E-state index in [0.29, 0.717) is 6.61 Å². The first-order valence-electron chi connectivity index (χ1n) is 4.53. The predicted octanol–water partition coefficient (Wildman–Crippen LogP) is 1.15. The van der Waals surface area contributed by atoms with Crippen molar-refractivity contribution in [2.24, 2.45) is 5.73 Å². The predicted molar refractivity (Wildman–Crippen MR) is 51.1 cm³/mol. The van der Waals surface area contributed by atoms with Crippen LogP contribution in [0.5, 0.6) is 0 Å². The summed E-state index contributed by atoms with van der Waals surface area (Å²) in [5, 5.41) is 0. The van der Waals surface area contributed by atoms with Gasteiger partial charge in [-0.3, -0.25) is 0 Å². The summed E-state index contributed by atoms with van der Waals surface area (Å²) in [5.74, 6) is -0.266. The standard InChI is InChI=1S/C10H15NO2/c1-2-13-10(12)7-8-3-5-9(11)6-4-8/h3,5,7,9H,2,4,6,11H2,1H3/b8-7-. The normalized spacial score (nSPS) is 24.8. The summed E-state index contributed by atoms with van der Waals surface area (Å²) < 4.78 is 4.79. The first-order valence-corrected chi connectivity index (χ1v) is 4.53. The van der Waals surface area contributed by atoms with Crippen LogP contribution in [0.1, 0.15) is 19.8 Å². The number of rotatable bonds is 2. The van der Waals surface area contributed by atoms with Gasteiger partial charge in [-0.05, 0) is 25.3 Å². The van der Waals surface area contributed by atoms with Gasteiger partial charge in [0.1, 0.15) is 0 Å². The van der Waals surface area contributed by atoms with Crippen molar-refractivity contribution in [2.75, 3.05) is 6.61 Å². The molecule has 0 aliphatic heterocycles. The molecule has 0 radical (unpaired) electrons. The minimum absolute atomic E-state index is 0.138. The van der Waals surface area contributed by atoms with Crippen LogP contribution in [0.2, 0.25) is 0 Å². The molecule has 72 valence electrons. The molecule has 0 spiro atoms. The Hall–Kier alpha value is -1.09. The van der Waals surface area contributed by atoms with Crippen LogP contribution in [0.25, 0.3) is 0 Å². The summed E-state index contributed by atoms with van der Waals surface area (Å²) in [6.07, 6.45) is 7.10. The Morgan fingerprint density at radius 2 is 2.62 bits per heavy atom. The van der Waals surface area contributed by atoms with Crippen molar-refractivity contribution in [3.8, 4) is 0 Å². The molecule has 1 atom stereocenters. The van der Waals surface area contributed by atoms with Crippen molar-refractivity contribution in [3.05, 3.63) is 23.8 Å².